The lowest BCUT2D eigenvalue weighted by atomic mass is 10.1. The fraction of sp³-hybridized carbons (Fsp3) is 0.400. The van der Waals surface area contributed by atoms with E-state index >= 15 is 0 Å². The molecule has 0 saturated heterocycles. The molecule has 1 heterocycles. The van der Waals surface area contributed by atoms with Crippen molar-refractivity contribution < 1.29 is 8.42 Å². The molecule has 22 heavy (non-hydrogen) atoms. The quantitative estimate of drug-likeness (QED) is 0.758. The van der Waals surface area contributed by atoms with Crippen LogP contribution >= 0.6 is 11.6 Å². The summed E-state index contributed by atoms with van der Waals surface area (Å²) in [5.74, 6) is 0. The third-order valence-corrected chi connectivity index (χ3v) is 5.25. The Kier molecular flexibility index (Phi) is 5.74. The van der Waals surface area contributed by atoms with Gasteiger partial charge in [-0.2, -0.15) is 0 Å². The van der Waals surface area contributed by atoms with Crippen molar-refractivity contribution in [2.75, 3.05) is 6.54 Å². The lowest BCUT2D eigenvalue weighted by molar-refractivity contribution is 0.543. The molecule has 1 atom stereocenters. The van der Waals surface area contributed by atoms with E-state index < -0.39 is 10.0 Å². The number of sulfonamides is 1. The van der Waals surface area contributed by atoms with Crippen LogP contribution in [0.3, 0.4) is 0 Å². The second-order valence-electron chi connectivity index (χ2n) is 5.21. The van der Waals surface area contributed by atoms with Gasteiger partial charge < -0.3 is 5.73 Å². The summed E-state index contributed by atoms with van der Waals surface area (Å²) in [5.41, 5.74) is 5.92. The molecule has 0 aliphatic rings. The first-order valence-corrected chi connectivity index (χ1v) is 9.10. The summed E-state index contributed by atoms with van der Waals surface area (Å²) in [5, 5.41) is 1.45. The van der Waals surface area contributed by atoms with E-state index in [2.05, 4.69) is 16.6 Å². The van der Waals surface area contributed by atoms with Crippen molar-refractivity contribution in [1.29, 1.82) is 0 Å². The molecular formula is C15H20ClN3O2S. The van der Waals surface area contributed by atoms with Gasteiger partial charge in [-0.05, 0) is 18.6 Å². The Morgan fingerprint density at radius 1 is 1.32 bits per heavy atom. The van der Waals surface area contributed by atoms with Gasteiger partial charge in [0.1, 0.15) is 5.15 Å². The number of hydrogen-bond acceptors (Lipinski definition) is 4. The van der Waals surface area contributed by atoms with Crippen LogP contribution in [0.4, 0.5) is 0 Å². The first kappa shape index (κ1) is 17.1. The predicted octanol–water partition coefficient (Wildman–Crippen LogP) is 2.68. The van der Waals surface area contributed by atoms with Gasteiger partial charge in [-0.15, -0.1) is 0 Å². The molecule has 1 aromatic carbocycles. The second-order valence-corrected chi connectivity index (χ2v) is 7.30. The maximum atomic E-state index is 12.5. The van der Waals surface area contributed by atoms with Crippen LogP contribution in [0, 0.1) is 0 Å². The van der Waals surface area contributed by atoms with E-state index in [-0.39, 0.29) is 22.6 Å². The van der Waals surface area contributed by atoms with Crippen LogP contribution < -0.4 is 10.5 Å². The van der Waals surface area contributed by atoms with Crippen molar-refractivity contribution in [3.8, 4) is 0 Å². The number of benzene rings is 1. The van der Waals surface area contributed by atoms with E-state index in [1.54, 1.807) is 24.3 Å². The minimum absolute atomic E-state index is 0.185. The van der Waals surface area contributed by atoms with Crippen LogP contribution in [0.1, 0.15) is 26.2 Å². The smallest absolute Gasteiger partial charge is 0.241 e. The summed E-state index contributed by atoms with van der Waals surface area (Å²) in [4.78, 5) is 4.16. The van der Waals surface area contributed by atoms with E-state index in [0.717, 1.165) is 19.3 Å². The maximum Gasteiger partial charge on any atom is 0.241 e. The molecule has 0 bridgehead atoms. The number of halogens is 1. The Morgan fingerprint density at radius 2 is 2.09 bits per heavy atom. The van der Waals surface area contributed by atoms with Crippen LogP contribution in [0.25, 0.3) is 10.8 Å². The van der Waals surface area contributed by atoms with Crippen molar-refractivity contribution in [3.63, 3.8) is 0 Å². The van der Waals surface area contributed by atoms with E-state index in [4.69, 9.17) is 17.3 Å². The molecule has 2 aromatic rings. The van der Waals surface area contributed by atoms with E-state index in [9.17, 15) is 8.42 Å². The molecule has 0 fully saturated rings. The molecule has 0 saturated carbocycles. The number of rotatable bonds is 7. The number of unbranched alkanes of at least 4 members (excludes halogenated alkanes) is 1. The molecule has 1 aromatic heterocycles. The number of nitrogens with two attached hydrogens (primary N) is 1. The highest BCUT2D eigenvalue weighted by atomic mass is 35.5. The van der Waals surface area contributed by atoms with Gasteiger partial charge >= 0.3 is 0 Å². The summed E-state index contributed by atoms with van der Waals surface area (Å²) in [6, 6.07) is 6.42. The van der Waals surface area contributed by atoms with Gasteiger partial charge in [-0.25, -0.2) is 18.1 Å². The van der Waals surface area contributed by atoms with Crippen molar-refractivity contribution in [3.05, 3.63) is 35.6 Å². The van der Waals surface area contributed by atoms with Crippen LogP contribution in [-0.2, 0) is 10.0 Å². The molecule has 0 amide bonds. The second kappa shape index (κ2) is 7.37. The Hall–Kier alpha value is -1.21. The standard InChI is InChI=1S/C15H20ClN3O2S/c1-2-3-5-11(17)10-19-22(20,21)14-7-4-6-13-12(14)8-9-18-15(13)16/h4,6-9,11,19H,2-3,5,10,17H2,1H3. The molecule has 3 N–H and O–H groups in total. The zero-order chi connectivity index (χ0) is 16.2. The molecule has 120 valence electrons. The van der Waals surface area contributed by atoms with Gasteiger partial charge in [0.15, 0.2) is 0 Å². The number of nitrogens with zero attached hydrogens (tertiary/aromatic N) is 1. The fourth-order valence-corrected chi connectivity index (χ4v) is 3.78. The number of hydrogen-bond donors (Lipinski definition) is 2. The van der Waals surface area contributed by atoms with Gasteiger partial charge in [-0.1, -0.05) is 43.5 Å². The van der Waals surface area contributed by atoms with Crippen LogP contribution in [0.15, 0.2) is 35.4 Å². The Labute approximate surface area is 135 Å². The summed E-state index contributed by atoms with van der Waals surface area (Å²) in [7, 11) is -3.64. The summed E-state index contributed by atoms with van der Waals surface area (Å²) >= 11 is 6.02. The normalized spacial score (nSPS) is 13.4. The Morgan fingerprint density at radius 3 is 2.82 bits per heavy atom. The summed E-state index contributed by atoms with van der Waals surface area (Å²) in [6.45, 7) is 2.29. The fourth-order valence-electron chi connectivity index (χ4n) is 2.24. The van der Waals surface area contributed by atoms with Crippen molar-refractivity contribution in [2.45, 2.75) is 37.1 Å². The maximum absolute atomic E-state index is 12.5. The minimum atomic E-state index is -3.64. The number of aromatic nitrogens is 1. The van der Waals surface area contributed by atoms with Gasteiger partial charge in [0.05, 0.1) is 4.90 Å². The van der Waals surface area contributed by atoms with Crippen molar-refractivity contribution in [1.82, 2.24) is 9.71 Å². The number of nitrogens with one attached hydrogen (secondary N) is 1. The van der Waals surface area contributed by atoms with E-state index in [0.29, 0.717) is 10.8 Å². The highest BCUT2D eigenvalue weighted by molar-refractivity contribution is 7.89. The zero-order valence-electron chi connectivity index (χ0n) is 12.4. The summed E-state index contributed by atoms with van der Waals surface area (Å²) < 4.78 is 27.6. The van der Waals surface area contributed by atoms with E-state index in [1.807, 2.05) is 0 Å². The highest BCUT2D eigenvalue weighted by Gasteiger charge is 2.18. The minimum Gasteiger partial charge on any atom is -0.327 e. The number of pyridine rings is 1. The molecule has 1 unspecified atom stereocenters. The Balaban J connectivity index is 2.25. The molecule has 0 radical (unpaired) electrons. The monoisotopic (exact) mass is 341 g/mol. The average Bonchev–Trinajstić information content (AvgIpc) is 2.51. The molecule has 2 rings (SSSR count). The molecule has 0 aliphatic heterocycles. The first-order valence-electron chi connectivity index (χ1n) is 7.24. The molecular weight excluding hydrogens is 322 g/mol. The van der Waals surface area contributed by atoms with Crippen LogP contribution in [0.2, 0.25) is 5.15 Å². The molecule has 0 aliphatic carbocycles. The van der Waals surface area contributed by atoms with Crippen molar-refractivity contribution >= 4 is 32.4 Å². The van der Waals surface area contributed by atoms with E-state index in [1.165, 1.54) is 6.20 Å². The van der Waals surface area contributed by atoms with Gasteiger partial charge in [0.2, 0.25) is 10.0 Å². The topological polar surface area (TPSA) is 85.1 Å². The molecule has 0 spiro atoms. The highest BCUT2D eigenvalue weighted by Crippen LogP contribution is 2.26. The largest absolute Gasteiger partial charge is 0.327 e. The third kappa shape index (κ3) is 3.95. The Bertz CT molecular complexity index is 750. The average molecular weight is 342 g/mol. The lowest BCUT2D eigenvalue weighted by Gasteiger charge is -2.14. The summed E-state index contributed by atoms with van der Waals surface area (Å²) in [6.07, 6.45) is 4.31. The van der Waals surface area contributed by atoms with Crippen LogP contribution in [-0.4, -0.2) is 26.0 Å². The number of fused-ring (bicyclic) bond motifs is 1. The van der Waals surface area contributed by atoms with Crippen molar-refractivity contribution in [2.24, 2.45) is 5.73 Å². The van der Waals surface area contributed by atoms with Gasteiger partial charge in [-0.3, -0.25) is 0 Å². The van der Waals surface area contributed by atoms with Crippen LogP contribution in [0.5, 0.6) is 0 Å². The lowest BCUT2D eigenvalue weighted by Crippen LogP contribution is -2.37. The SMILES string of the molecule is CCCCC(N)CNS(=O)(=O)c1cccc2c(Cl)nccc12. The molecule has 7 heteroatoms. The van der Waals surface area contributed by atoms with Gasteiger partial charge in [0, 0.05) is 29.6 Å². The van der Waals surface area contributed by atoms with Gasteiger partial charge in [0.25, 0.3) is 0 Å². The predicted molar refractivity (Wildman–Crippen MR) is 89.4 cm³/mol. The molecule has 5 nitrogen and oxygen atoms in total. The zero-order valence-corrected chi connectivity index (χ0v) is 14.0. The first-order chi connectivity index (χ1) is 10.5. The third-order valence-electron chi connectivity index (χ3n) is 3.47.